The van der Waals surface area contributed by atoms with Crippen LogP contribution in [-0.2, 0) is 0 Å². The molecule has 3 aromatic rings. The number of rotatable bonds is 3. The van der Waals surface area contributed by atoms with E-state index in [0.717, 1.165) is 0 Å². The maximum absolute atomic E-state index is 10.4. The molecule has 0 unspecified atom stereocenters. The molecular formula is C16H11N3O7. The smallest absolute Gasteiger partial charge is 0.324 e. The fourth-order valence-electron chi connectivity index (χ4n) is 2.11. The average molecular weight is 357 g/mol. The van der Waals surface area contributed by atoms with E-state index < -0.39 is 37.6 Å². The second-order valence-corrected chi connectivity index (χ2v) is 4.95. The van der Waals surface area contributed by atoms with Crippen LogP contribution < -0.4 is 0 Å². The van der Waals surface area contributed by atoms with Gasteiger partial charge in [-0.15, -0.1) is 0 Å². The van der Waals surface area contributed by atoms with Gasteiger partial charge in [0.05, 0.1) is 26.9 Å². The molecule has 26 heavy (non-hydrogen) atoms. The van der Waals surface area contributed by atoms with Gasteiger partial charge in [-0.05, 0) is 10.8 Å². The van der Waals surface area contributed by atoms with Crippen molar-refractivity contribution in [3.8, 4) is 5.75 Å². The first-order chi connectivity index (χ1) is 12.3. The number of nitro groups is 3. The Kier molecular flexibility index (Phi) is 5.38. The molecule has 1 N–H and O–H groups in total. The monoisotopic (exact) mass is 357 g/mol. The Morgan fingerprint density at radius 3 is 1.27 bits per heavy atom. The van der Waals surface area contributed by atoms with Gasteiger partial charge in [0.25, 0.3) is 11.4 Å². The molecule has 10 nitrogen and oxygen atoms in total. The highest BCUT2D eigenvalue weighted by atomic mass is 16.6. The van der Waals surface area contributed by atoms with Crippen molar-refractivity contribution in [2.24, 2.45) is 0 Å². The predicted octanol–water partition coefficient (Wildman–Crippen LogP) is 3.96. The zero-order valence-electron chi connectivity index (χ0n) is 13.0. The molecule has 0 aliphatic heterocycles. The summed E-state index contributed by atoms with van der Waals surface area (Å²) in [5.74, 6) is -1.21. The number of nitro benzene ring substituents is 3. The first kappa shape index (κ1) is 18.3. The summed E-state index contributed by atoms with van der Waals surface area (Å²) in [6.07, 6.45) is 0. The number of non-ortho nitro benzene ring substituents is 1. The van der Waals surface area contributed by atoms with Gasteiger partial charge >= 0.3 is 11.4 Å². The minimum Gasteiger partial charge on any atom is -0.497 e. The Morgan fingerprint density at radius 2 is 1.00 bits per heavy atom. The Labute approximate surface area is 145 Å². The van der Waals surface area contributed by atoms with Crippen LogP contribution in [0.25, 0.3) is 10.8 Å². The van der Waals surface area contributed by atoms with Crippen molar-refractivity contribution in [1.29, 1.82) is 0 Å². The summed E-state index contributed by atoms with van der Waals surface area (Å²) in [7, 11) is 0. The molecule has 3 rings (SSSR count). The van der Waals surface area contributed by atoms with Crippen molar-refractivity contribution in [3.63, 3.8) is 0 Å². The molecule has 0 aliphatic carbocycles. The highest BCUT2D eigenvalue weighted by Crippen LogP contribution is 2.38. The van der Waals surface area contributed by atoms with Crippen LogP contribution in [0.2, 0.25) is 0 Å². The molecular weight excluding hydrogens is 346 g/mol. The lowest BCUT2D eigenvalue weighted by Crippen LogP contribution is -1.97. The maximum Gasteiger partial charge on any atom is 0.324 e. The standard InChI is InChI=1S/C10H8.C6H3N3O7/c1-2-6-10-8-4-3-7-9(10)5-1;10-6-4(8(13)14)1-3(7(11)12)2-5(6)9(15)16/h1-8H;1-2,10H. The number of benzene rings is 3. The van der Waals surface area contributed by atoms with Crippen molar-refractivity contribution in [2.75, 3.05) is 0 Å². The third-order valence-electron chi connectivity index (χ3n) is 3.32. The number of aromatic hydroxyl groups is 1. The van der Waals surface area contributed by atoms with Crippen molar-refractivity contribution in [1.82, 2.24) is 0 Å². The van der Waals surface area contributed by atoms with Crippen LogP contribution in [0.4, 0.5) is 17.1 Å². The predicted molar refractivity (Wildman–Crippen MR) is 92.0 cm³/mol. The molecule has 10 heteroatoms. The van der Waals surface area contributed by atoms with Gasteiger partial charge in [-0.25, -0.2) is 0 Å². The van der Waals surface area contributed by atoms with Crippen LogP contribution in [0.1, 0.15) is 0 Å². The lowest BCUT2D eigenvalue weighted by atomic mass is 10.1. The summed E-state index contributed by atoms with van der Waals surface area (Å²) in [4.78, 5) is 27.8. The summed E-state index contributed by atoms with van der Waals surface area (Å²) >= 11 is 0. The second-order valence-electron chi connectivity index (χ2n) is 4.95. The molecule has 0 heterocycles. The summed E-state index contributed by atoms with van der Waals surface area (Å²) in [5.41, 5.74) is -3.00. The van der Waals surface area contributed by atoms with Gasteiger partial charge in [0.15, 0.2) is 0 Å². The zero-order valence-corrected chi connectivity index (χ0v) is 13.0. The van der Waals surface area contributed by atoms with Gasteiger partial charge in [0, 0.05) is 0 Å². The lowest BCUT2D eigenvalue weighted by Gasteiger charge is -1.97. The van der Waals surface area contributed by atoms with Crippen molar-refractivity contribution < 1.29 is 19.9 Å². The number of phenols is 1. The van der Waals surface area contributed by atoms with Crippen LogP contribution >= 0.6 is 0 Å². The van der Waals surface area contributed by atoms with Gasteiger partial charge in [-0.2, -0.15) is 0 Å². The number of fused-ring (bicyclic) bond motifs is 1. The third-order valence-corrected chi connectivity index (χ3v) is 3.32. The fourth-order valence-corrected chi connectivity index (χ4v) is 2.11. The SMILES string of the molecule is O=[N+]([O-])c1cc([N+](=O)[O-])c(O)c([N+](=O)[O-])c1.c1ccc2ccccc2c1. The van der Waals surface area contributed by atoms with E-state index in [2.05, 4.69) is 48.5 Å². The number of hydrogen-bond donors (Lipinski definition) is 1. The van der Waals surface area contributed by atoms with E-state index in [4.69, 9.17) is 5.11 Å². The van der Waals surface area contributed by atoms with Gasteiger partial charge in [0.2, 0.25) is 0 Å². The van der Waals surface area contributed by atoms with Gasteiger partial charge in [0.1, 0.15) is 0 Å². The largest absolute Gasteiger partial charge is 0.497 e. The van der Waals surface area contributed by atoms with Gasteiger partial charge < -0.3 is 5.11 Å². The van der Waals surface area contributed by atoms with Gasteiger partial charge in [-0.1, -0.05) is 48.5 Å². The molecule has 0 bridgehead atoms. The van der Waals surface area contributed by atoms with Crippen molar-refractivity contribution >= 4 is 27.8 Å². The normalized spacial score (nSPS) is 9.85. The average Bonchev–Trinajstić information content (AvgIpc) is 2.61. The summed E-state index contributed by atoms with van der Waals surface area (Å²) in [6.45, 7) is 0. The Balaban J connectivity index is 0.000000206. The van der Waals surface area contributed by atoms with E-state index in [1.807, 2.05) is 0 Å². The fraction of sp³-hybridized carbons (Fsp3) is 0. The van der Waals surface area contributed by atoms with Gasteiger partial charge in [-0.3, -0.25) is 30.3 Å². The number of hydrogen-bond acceptors (Lipinski definition) is 7. The van der Waals surface area contributed by atoms with E-state index in [9.17, 15) is 30.3 Å². The molecule has 0 spiro atoms. The molecule has 0 saturated heterocycles. The van der Waals surface area contributed by atoms with Crippen molar-refractivity contribution in [2.45, 2.75) is 0 Å². The second kappa shape index (κ2) is 7.66. The molecule has 0 aromatic heterocycles. The van der Waals surface area contributed by atoms with E-state index in [0.29, 0.717) is 12.1 Å². The minimum absolute atomic E-state index is 0.447. The lowest BCUT2D eigenvalue weighted by molar-refractivity contribution is -0.404. The maximum atomic E-state index is 10.4. The van der Waals surface area contributed by atoms with Crippen LogP contribution in [-0.4, -0.2) is 19.9 Å². The Bertz CT molecular complexity index is 904. The molecule has 0 amide bonds. The molecule has 3 aromatic carbocycles. The molecule has 132 valence electrons. The van der Waals surface area contributed by atoms with E-state index in [-0.39, 0.29) is 0 Å². The zero-order chi connectivity index (χ0) is 19.3. The van der Waals surface area contributed by atoms with E-state index in [1.165, 1.54) is 10.8 Å². The molecule has 0 radical (unpaired) electrons. The Morgan fingerprint density at radius 1 is 0.654 bits per heavy atom. The number of phenolic OH excluding ortho intramolecular Hbond substituents is 1. The van der Waals surface area contributed by atoms with E-state index in [1.54, 1.807) is 0 Å². The summed E-state index contributed by atoms with van der Waals surface area (Å²) in [6, 6.07) is 17.6. The van der Waals surface area contributed by atoms with Crippen molar-refractivity contribution in [3.05, 3.63) is 91.0 Å². The molecule has 0 aliphatic rings. The Hall–Kier alpha value is -4.08. The number of nitrogens with zero attached hydrogens (tertiary/aromatic N) is 3. The molecule has 0 fully saturated rings. The molecule has 0 atom stereocenters. The first-order valence-electron chi connectivity index (χ1n) is 7.05. The van der Waals surface area contributed by atoms with Crippen LogP contribution in [0.15, 0.2) is 60.7 Å². The first-order valence-corrected chi connectivity index (χ1v) is 7.05. The van der Waals surface area contributed by atoms with Crippen LogP contribution in [0.3, 0.4) is 0 Å². The topological polar surface area (TPSA) is 150 Å². The van der Waals surface area contributed by atoms with E-state index >= 15 is 0 Å². The van der Waals surface area contributed by atoms with Crippen LogP contribution in [0.5, 0.6) is 5.75 Å². The minimum atomic E-state index is -1.21. The van der Waals surface area contributed by atoms with Crippen LogP contribution in [0, 0.1) is 30.3 Å². The highest BCUT2D eigenvalue weighted by Gasteiger charge is 2.30. The highest BCUT2D eigenvalue weighted by molar-refractivity contribution is 5.82. The quantitative estimate of drug-likeness (QED) is 0.550. The summed E-state index contributed by atoms with van der Waals surface area (Å²) in [5, 5.41) is 42.8. The molecule has 0 saturated carbocycles. The third kappa shape index (κ3) is 4.06. The summed E-state index contributed by atoms with van der Waals surface area (Å²) < 4.78 is 0.